The average molecular weight is 695 g/mol. The van der Waals surface area contributed by atoms with E-state index in [1.54, 1.807) is 12.1 Å². The first-order valence-electron chi connectivity index (χ1n) is 12.0. The average Bonchev–Trinajstić information content (AvgIpc) is 3.30. The summed E-state index contributed by atoms with van der Waals surface area (Å²) in [6.45, 7) is -0.755. The van der Waals surface area contributed by atoms with Crippen LogP contribution in [0, 0.1) is 0 Å². The van der Waals surface area contributed by atoms with E-state index in [9.17, 15) is 28.6 Å². The van der Waals surface area contributed by atoms with Gasteiger partial charge in [0.1, 0.15) is 35.4 Å². The Bertz CT molecular complexity index is 1300. The Morgan fingerprint density at radius 2 is 1.70 bits per heavy atom. The minimum absolute atomic E-state index is 0.0638. The van der Waals surface area contributed by atoms with Crippen LogP contribution in [0.4, 0.5) is 0 Å². The van der Waals surface area contributed by atoms with Crippen molar-refractivity contribution in [1.29, 1.82) is 0 Å². The number of hydrogen-bond donors (Lipinski definition) is 6. The van der Waals surface area contributed by atoms with Crippen LogP contribution in [0.1, 0.15) is 12.0 Å². The minimum Gasteiger partial charge on any atom is -0.496 e. The first-order chi connectivity index (χ1) is 20.1. The zero-order chi connectivity index (χ0) is 32.0. The molecule has 2 heterocycles. The second kappa shape index (κ2) is 15.0. The molecular weight excluding hydrogens is 663 g/mol. The number of nitrogens with zero attached hydrogens (tertiary/aromatic N) is 2. The van der Waals surface area contributed by atoms with Crippen LogP contribution in [0.25, 0.3) is 0 Å². The van der Waals surface area contributed by atoms with Crippen LogP contribution in [0.3, 0.4) is 0 Å². The molecule has 2 aliphatic rings. The van der Waals surface area contributed by atoms with Crippen molar-refractivity contribution >= 4 is 41.1 Å². The van der Waals surface area contributed by atoms with E-state index in [2.05, 4.69) is 13.6 Å². The zero-order valence-corrected chi connectivity index (χ0v) is 26.4. The number of methoxy groups -OCH3 is 3. The van der Waals surface area contributed by atoms with Gasteiger partial charge in [-0.1, -0.05) is 0 Å². The molecule has 0 aliphatic carbocycles. The fraction of sp³-hybridized carbons (Fsp3) is 0.550. The quantitative estimate of drug-likeness (QED) is 0.0806. The first-order valence-corrected chi connectivity index (χ1v) is 17.6. The van der Waals surface area contributed by atoms with Gasteiger partial charge in [-0.3, -0.25) is 4.52 Å². The summed E-state index contributed by atoms with van der Waals surface area (Å²) in [7, 11) is -12.2. The van der Waals surface area contributed by atoms with Gasteiger partial charge in [0.25, 0.3) is 0 Å². The van der Waals surface area contributed by atoms with Crippen molar-refractivity contribution < 1.29 is 75.2 Å². The molecule has 23 heteroatoms. The van der Waals surface area contributed by atoms with Crippen LogP contribution in [-0.4, -0.2) is 94.1 Å². The van der Waals surface area contributed by atoms with E-state index in [1.165, 1.54) is 50.3 Å². The molecule has 0 radical (unpaired) electrons. The van der Waals surface area contributed by atoms with Gasteiger partial charge in [0, 0.05) is 36.1 Å². The lowest BCUT2D eigenvalue weighted by Crippen LogP contribution is -2.41. The van der Waals surface area contributed by atoms with Crippen molar-refractivity contribution in [3.63, 3.8) is 0 Å². The molecule has 0 saturated carbocycles. The lowest BCUT2D eigenvalue weighted by atomic mass is 10.2. The number of benzene rings is 1. The Hall–Kier alpha value is -1.73. The number of phosphoric acid groups is 3. The fourth-order valence-electron chi connectivity index (χ4n) is 3.91. The SMILES string of the molecule is COc1cc(OC)c(CSCOC2C[C@H](N3C=CC(N)=NC3O)O[C@@H]2COP(=O)(O)OP(=O)(O)OP(=O)(O)O)c(OC)c1. The maximum atomic E-state index is 12.3. The highest BCUT2D eigenvalue weighted by atomic mass is 32.2. The highest BCUT2D eigenvalue weighted by molar-refractivity contribution is 7.98. The summed E-state index contributed by atoms with van der Waals surface area (Å²) in [4.78, 5) is 41.8. The zero-order valence-electron chi connectivity index (χ0n) is 22.9. The van der Waals surface area contributed by atoms with Gasteiger partial charge in [0.15, 0.2) is 0 Å². The molecule has 4 unspecified atom stereocenters. The van der Waals surface area contributed by atoms with Gasteiger partial charge in [-0.25, -0.2) is 18.7 Å². The van der Waals surface area contributed by atoms with Crippen LogP contribution in [-0.2, 0) is 42.1 Å². The van der Waals surface area contributed by atoms with E-state index >= 15 is 0 Å². The molecule has 43 heavy (non-hydrogen) atoms. The Morgan fingerprint density at radius 1 is 1.05 bits per heavy atom. The smallest absolute Gasteiger partial charge is 0.490 e. The molecule has 1 fully saturated rings. The summed E-state index contributed by atoms with van der Waals surface area (Å²) in [5.41, 5.74) is 6.32. The van der Waals surface area contributed by atoms with Crippen molar-refractivity contribution in [2.75, 3.05) is 33.9 Å². The first kappa shape index (κ1) is 35.7. The van der Waals surface area contributed by atoms with Crippen molar-refractivity contribution in [2.24, 2.45) is 10.7 Å². The van der Waals surface area contributed by atoms with Crippen LogP contribution in [0.15, 0.2) is 29.4 Å². The molecular formula is C20H32N3O16P3S. The Morgan fingerprint density at radius 3 is 2.26 bits per heavy atom. The largest absolute Gasteiger partial charge is 0.496 e. The fourth-order valence-corrected chi connectivity index (χ4v) is 7.78. The molecule has 1 aromatic carbocycles. The van der Waals surface area contributed by atoms with Crippen molar-refractivity contribution in [3.05, 3.63) is 30.0 Å². The number of ether oxygens (including phenoxy) is 5. The highest BCUT2D eigenvalue weighted by Crippen LogP contribution is 2.66. The van der Waals surface area contributed by atoms with Gasteiger partial charge in [-0.05, 0) is 6.08 Å². The normalized spacial score (nSPS) is 25.1. The van der Waals surface area contributed by atoms with Gasteiger partial charge in [-0.15, -0.1) is 11.8 Å². The van der Waals surface area contributed by atoms with Crippen LogP contribution < -0.4 is 19.9 Å². The molecule has 2 aliphatic heterocycles. The maximum absolute atomic E-state index is 12.3. The molecule has 244 valence electrons. The number of rotatable bonds is 16. The molecule has 0 spiro atoms. The van der Waals surface area contributed by atoms with Gasteiger partial charge < -0.3 is 59.0 Å². The summed E-state index contributed by atoms with van der Waals surface area (Å²) in [6.07, 6.45) is -1.28. The number of hydrogen-bond acceptors (Lipinski definition) is 16. The monoisotopic (exact) mass is 695 g/mol. The number of aliphatic hydroxyl groups is 1. The van der Waals surface area contributed by atoms with Crippen molar-refractivity contribution in [1.82, 2.24) is 4.90 Å². The molecule has 0 aromatic heterocycles. The summed E-state index contributed by atoms with van der Waals surface area (Å²) >= 11 is 1.32. The molecule has 6 atom stereocenters. The third-order valence-corrected chi connectivity index (χ3v) is 10.3. The van der Waals surface area contributed by atoms with Crippen LogP contribution in [0.2, 0.25) is 0 Å². The number of nitrogens with two attached hydrogens (primary N) is 1. The molecule has 1 saturated heterocycles. The van der Waals surface area contributed by atoms with E-state index in [4.69, 9.17) is 43.7 Å². The van der Waals surface area contributed by atoms with Crippen LogP contribution in [0.5, 0.6) is 17.2 Å². The predicted octanol–water partition coefficient (Wildman–Crippen LogP) is 1.21. The third kappa shape index (κ3) is 10.7. The molecule has 19 nitrogen and oxygen atoms in total. The molecule has 1 aromatic rings. The van der Waals surface area contributed by atoms with E-state index in [1.807, 2.05) is 0 Å². The molecule has 7 N–H and O–H groups in total. The summed E-state index contributed by atoms with van der Waals surface area (Å²) < 4.78 is 74.9. The number of amidine groups is 1. The maximum Gasteiger partial charge on any atom is 0.490 e. The number of thioether (sulfide) groups is 1. The summed E-state index contributed by atoms with van der Waals surface area (Å²) in [5.74, 6) is 2.08. The third-order valence-electron chi connectivity index (χ3n) is 5.71. The van der Waals surface area contributed by atoms with Gasteiger partial charge in [-0.2, -0.15) is 8.62 Å². The van der Waals surface area contributed by atoms with Gasteiger partial charge in [0.05, 0.1) is 40.0 Å². The lowest BCUT2D eigenvalue weighted by Gasteiger charge is -2.31. The van der Waals surface area contributed by atoms with E-state index in [-0.39, 0.29) is 18.2 Å². The standard InChI is InChI=1S/C20H32N3O16P3S/c1-32-12-6-14(33-2)13(15(7-12)34-3)10-43-11-35-16-8-19(23-5-4-18(21)22-20(23)24)37-17(16)9-36-41(28,29)39-42(30,31)38-40(25,26)27/h4-7,16-17,19-20,24H,8-11H2,1-3H3,(H2,21,22)(H,28,29)(H,30,31)(H2,25,26,27)/t16?,17-,19-,20?/m1/s1. The Kier molecular flexibility index (Phi) is 12.5. The Labute approximate surface area is 249 Å². The summed E-state index contributed by atoms with van der Waals surface area (Å²) in [5, 5.41) is 10.3. The topological polar surface area (TPSA) is 268 Å². The number of aliphatic hydroxyl groups excluding tert-OH is 1. The van der Waals surface area contributed by atoms with E-state index < -0.39 is 54.9 Å². The second-order valence-electron chi connectivity index (χ2n) is 8.60. The van der Waals surface area contributed by atoms with Gasteiger partial charge >= 0.3 is 23.5 Å². The molecule has 3 rings (SSSR count). The summed E-state index contributed by atoms with van der Waals surface area (Å²) in [6, 6.07) is 3.39. The predicted molar refractivity (Wildman–Crippen MR) is 149 cm³/mol. The number of phosphoric ester groups is 1. The molecule has 0 amide bonds. The van der Waals surface area contributed by atoms with E-state index in [0.717, 1.165) is 5.56 Å². The minimum atomic E-state index is -5.71. The lowest BCUT2D eigenvalue weighted by molar-refractivity contribution is -0.111. The van der Waals surface area contributed by atoms with Gasteiger partial charge in [0.2, 0.25) is 6.35 Å². The van der Waals surface area contributed by atoms with E-state index in [0.29, 0.717) is 23.0 Å². The highest BCUT2D eigenvalue weighted by Gasteiger charge is 2.44. The second-order valence-corrected chi connectivity index (χ2v) is 13.9. The van der Waals surface area contributed by atoms with Crippen molar-refractivity contribution in [3.8, 4) is 17.2 Å². The molecule has 0 bridgehead atoms. The van der Waals surface area contributed by atoms with Crippen molar-refractivity contribution in [2.45, 2.75) is 37.0 Å². The number of aliphatic imine (C=N–C) groups is 1. The Balaban J connectivity index is 1.68. The van der Waals surface area contributed by atoms with Crippen LogP contribution >= 0.6 is 35.2 Å².